The monoisotopic (exact) mass is 379 g/mol. The van der Waals surface area contributed by atoms with Crippen molar-refractivity contribution in [2.75, 3.05) is 19.6 Å². The molecule has 0 aromatic heterocycles. The summed E-state index contributed by atoms with van der Waals surface area (Å²) in [6.07, 6.45) is 1.95. The SMILES string of the molecule is C=CCN1C[C@H](C)N(C(c2ccc(C(N)=O)cc2)c2cccc(O)c2)C[C@@H]1C. The van der Waals surface area contributed by atoms with Crippen molar-refractivity contribution in [2.24, 2.45) is 5.73 Å². The number of aromatic hydroxyl groups is 1. The molecule has 148 valence electrons. The second kappa shape index (κ2) is 8.59. The Hall–Kier alpha value is -2.63. The van der Waals surface area contributed by atoms with Gasteiger partial charge in [-0.1, -0.05) is 30.3 Å². The van der Waals surface area contributed by atoms with Crippen molar-refractivity contribution in [1.29, 1.82) is 0 Å². The van der Waals surface area contributed by atoms with Crippen LogP contribution < -0.4 is 5.73 Å². The highest BCUT2D eigenvalue weighted by atomic mass is 16.3. The molecule has 0 saturated carbocycles. The van der Waals surface area contributed by atoms with Gasteiger partial charge in [-0.15, -0.1) is 6.58 Å². The average molecular weight is 380 g/mol. The number of primary amides is 1. The lowest BCUT2D eigenvalue weighted by atomic mass is 9.92. The lowest BCUT2D eigenvalue weighted by Crippen LogP contribution is -2.57. The number of hydrogen-bond acceptors (Lipinski definition) is 4. The average Bonchev–Trinajstić information content (AvgIpc) is 2.66. The number of nitrogens with two attached hydrogens (primary N) is 1. The molecule has 1 unspecified atom stereocenters. The Morgan fingerprint density at radius 2 is 1.89 bits per heavy atom. The zero-order chi connectivity index (χ0) is 20.3. The molecule has 3 rings (SSSR count). The van der Waals surface area contributed by atoms with Crippen LogP contribution >= 0.6 is 0 Å². The number of phenolic OH excluding ortho intramolecular Hbond substituents is 1. The predicted octanol–water partition coefficient (Wildman–Crippen LogP) is 3.16. The first-order chi connectivity index (χ1) is 13.4. The number of amides is 1. The molecule has 1 amide bonds. The second-order valence-electron chi connectivity index (χ2n) is 7.62. The highest BCUT2D eigenvalue weighted by molar-refractivity contribution is 5.92. The van der Waals surface area contributed by atoms with Gasteiger partial charge in [0.15, 0.2) is 0 Å². The molecule has 28 heavy (non-hydrogen) atoms. The largest absolute Gasteiger partial charge is 0.508 e. The molecule has 1 heterocycles. The first kappa shape index (κ1) is 20.1. The molecule has 3 N–H and O–H groups in total. The van der Waals surface area contributed by atoms with E-state index in [1.807, 2.05) is 36.4 Å². The molecule has 0 bridgehead atoms. The number of piperazine rings is 1. The first-order valence-electron chi connectivity index (χ1n) is 9.70. The predicted molar refractivity (Wildman–Crippen MR) is 112 cm³/mol. The lowest BCUT2D eigenvalue weighted by Gasteiger charge is -2.47. The molecular formula is C23H29N3O2. The van der Waals surface area contributed by atoms with Gasteiger partial charge in [0.05, 0.1) is 6.04 Å². The van der Waals surface area contributed by atoms with Crippen LogP contribution in [0.15, 0.2) is 61.2 Å². The van der Waals surface area contributed by atoms with E-state index < -0.39 is 5.91 Å². The lowest BCUT2D eigenvalue weighted by molar-refractivity contribution is 0.0306. The Bertz CT molecular complexity index is 834. The molecule has 1 saturated heterocycles. The zero-order valence-corrected chi connectivity index (χ0v) is 16.6. The summed E-state index contributed by atoms with van der Waals surface area (Å²) in [6.45, 7) is 11.1. The third-order valence-corrected chi connectivity index (χ3v) is 5.56. The fraction of sp³-hybridized carbons (Fsp3) is 0.348. The molecule has 0 aliphatic carbocycles. The molecular weight excluding hydrogens is 350 g/mol. The highest BCUT2D eigenvalue weighted by Gasteiger charge is 2.34. The summed E-state index contributed by atoms with van der Waals surface area (Å²) in [4.78, 5) is 16.4. The van der Waals surface area contributed by atoms with E-state index in [0.717, 1.165) is 30.8 Å². The third kappa shape index (κ3) is 4.26. The molecule has 2 aromatic rings. The normalized spacial score (nSPS) is 21.9. The zero-order valence-electron chi connectivity index (χ0n) is 16.6. The molecule has 1 fully saturated rings. The fourth-order valence-electron chi connectivity index (χ4n) is 4.10. The molecule has 0 radical (unpaired) electrons. The van der Waals surface area contributed by atoms with Crippen molar-refractivity contribution in [3.05, 3.63) is 77.9 Å². The molecule has 1 aliphatic rings. The fourth-order valence-corrected chi connectivity index (χ4v) is 4.10. The Morgan fingerprint density at radius 1 is 1.18 bits per heavy atom. The summed E-state index contributed by atoms with van der Waals surface area (Å²) in [5.41, 5.74) is 8.00. The molecule has 5 nitrogen and oxygen atoms in total. The number of carbonyl (C=O) groups excluding carboxylic acids is 1. The maximum absolute atomic E-state index is 11.5. The molecule has 5 heteroatoms. The minimum Gasteiger partial charge on any atom is -0.508 e. The first-order valence-corrected chi connectivity index (χ1v) is 9.70. The standard InChI is InChI=1S/C23H29N3O2/c1-4-12-25-14-17(3)26(15-16(25)2)22(20-6-5-7-21(27)13-20)18-8-10-19(11-9-18)23(24)28/h4-11,13,16-17,22,27H,1,12,14-15H2,2-3H3,(H2,24,28)/t16-,17-,22?/m0/s1. The van der Waals surface area contributed by atoms with Crippen LogP contribution in [0.3, 0.4) is 0 Å². The van der Waals surface area contributed by atoms with Crippen molar-refractivity contribution in [3.8, 4) is 5.75 Å². The van der Waals surface area contributed by atoms with Crippen LogP contribution in [0.2, 0.25) is 0 Å². The number of rotatable bonds is 6. The van der Waals surface area contributed by atoms with E-state index in [-0.39, 0.29) is 11.8 Å². The molecule has 0 spiro atoms. The number of phenols is 1. The van der Waals surface area contributed by atoms with Crippen LogP contribution in [0.5, 0.6) is 5.75 Å². The highest BCUT2D eigenvalue weighted by Crippen LogP contribution is 2.34. The summed E-state index contributed by atoms with van der Waals surface area (Å²) in [7, 11) is 0. The van der Waals surface area contributed by atoms with E-state index in [0.29, 0.717) is 17.6 Å². The van der Waals surface area contributed by atoms with Crippen LogP contribution in [0.1, 0.15) is 41.4 Å². The van der Waals surface area contributed by atoms with Crippen molar-refractivity contribution in [3.63, 3.8) is 0 Å². The van der Waals surface area contributed by atoms with Crippen LogP contribution in [0, 0.1) is 0 Å². The van der Waals surface area contributed by atoms with Crippen LogP contribution in [-0.2, 0) is 0 Å². The topological polar surface area (TPSA) is 69.8 Å². The van der Waals surface area contributed by atoms with E-state index in [4.69, 9.17) is 5.73 Å². The molecule has 1 aliphatic heterocycles. The number of hydrogen-bond donors (Lipinski definition) is 2. The van der Waals surface area contributed by atoms with Gasteiger partial charge in [-0.25, -0.2) is 0 Å². The summed E-state index contributed by atoms with van der Waals surface area (Å²) in [5, 5.41) is 10.1. The minimum absolute atomic E-state index is 0.0163. The van der Waals surface area contributed by atoms with E-state index in [1.165, 1.54) is 0 Å². The summed E-state index contributed by atoms with van der Waals surface area (Å²) < 4.78 is 0. The smallest absolute Gasteiger partial charge is 0.248 e. The maximum atomic E-state index is 11.5. The van der Waals surface area contributed by atoms with E-state index in [9.17, 15) is 9.90 Å². The molecule has 3 atom stereocenters. The van der Waals surface area contributed by atoms with Gasteiger partial charge in [0.25, 0.3) is 0 Å². The van der Waals surface area contributed by atoms with Gasteiger partial charge in [0.2, 0.25) is 5.91 Å². The Balaban J connectivity index is 1.99. The third-order valence-electron chi connectivity index (χ3n) is 5.56. The van der Waals surface area contributed by atoms with E-state index >= 15 is 0 Å². The van der Waals surface area contributed by atoms with Gasteiger partial charge < -0.3 is 10.8 Å². The van der Waals surface area contributed by atoms with Gasteiger partial charge in [-0.05, 0) is 49.2 Å². The second-order valence-corrected chi connectivity index (χ2v) is 7.62. The maximum Gasteiger partial charge on any atom is 0.248 e. The van der Waals surface area contributed by atoms with Crippen molar-refractivity contribution in [1.82, 2.24) is 9.80 Å². The quantitative estimate of drug-likeness (QED) is 0.757. The van der Waals surface area contributed by atoms with E-state index in [2.05, 4.69) is 30.2 Å². The van der Waals surface area contributed by atoms with Crippen LogP contribution in [-0.4, -0.2) is 52.5 Å². The van der Waals surface area contributed by atoms with Gasteiger partial charge in [0, 0.05) is 37.3 Å². The Morgan fingerprint density at radius 3 is 2.50 bits per heavy atom. The van der Waals surface area contributed by atoms with E-state index in [1.54, 1.807) is 18.2 Å². The molecule has 2 aromatic carbocycles. The van der Waals surface area contributed by atoms with Crippen molar-refractivity contribution in [2.45, 2.75) is 32.0 Å². The Kier molecular flexibility index (Phi) is 6.17. The Labute approximate surface area is 167 Å². The van der Waals surface area contributed by atoms with Gasteiger partial charge in [0.1, 0.15) is 5.75 Å². The number of carbonyl (C=O) groups is 1. The minimum atomic E-state index is -0.430. The van der Waals surface area contributed by atoms with Crippen molar-refractivity contribution < 1.29 is 9.90 Å². The van der Waals surface area contributed by atoms with Gasteiger partial charge in [-0.3, -0.25) is 14.6 Å². The summed E-state index contributed by atoms with van der Waals surface area (Å²) >= 11 is 0. The number of nitrogens with zero attached hydrogens (tertiary/aromatic N) is 2. The number of benzene rings is 2. The summed E-state index contributed by atoms with van der Waals surface area (Å²) in [5.74, 6) is -0.178. The van der Waals surface area contributed by atoms with Gasteiger partial charge in [-0.2, -0.15) is 0 Å². The summed E-state index contributed by atoms with van der Waals surface area (Å²) in [6, 6.07) is 15.6. The van der Waals surface area contributed by atoms with Crippen LogP contribution in [0.25, 0.3) is 0 Å². The van der Waals surface area contributed by atoms with Crippen LogP contribution in [0.4, 0.5) is 0 Å². The van der Waals surface area contributed by atoms with Crippen molar-refractivity contribution >= 4 is 5.91 Å². The van der Waals surface area contributed by atoms with Gasteiger partial charge >= 0.3 is 0 Å².